The van der Waals surface area contributed by atoms with Gasteiger partial charge in [-0.2, -0.15) is 13.2 Å². The maximum Gasteiger partial charge on any atom is 0.399 e. The van der Waals surface area contributed by atoms with Crippen LogP contribution < -0.4 is 0 Å². The molecule has 1 rings (SSSR count). The fourth-order valence-corrected chi connectivity index (χ4v) is 1.40. The van der Waals surface area contributed by atoms with Crippen LogP contribution in [0.15, 0.2) is 42.5 Å². The molecule has 0 saturated carbocycles. The molecule has 0 aliphatic heterocycles. The van der Waals surface area contributed by atoms with Crippen LogP contribution in [0.3, 0.4) is 0 Å². The van der Waals surface area contributed by atoms with E-state index in [0.717, 1.165) is 0 Å². The number of halogens is 3. The molecule has 0 amide bonds. The van der Waals surface area contributed by atoms with Crippen LogP contribution in [0.4, 0.5) is 13.2 Å². The first-order chi connectivity index (χ1) is 6.43. The number of hydrogen-bond acceptors (Lipinski definition) is 0. The Labute approximate surface area is 81.1 Å². The van der Waals surface area contributed by atoms with Gasteiger partial charge in [0.2, 0.25) is 0 Å². The van der Waals surface area contributed by atoms with Gasteiger partial charge in [-0.25, -0.2) is 0 Å². The minimum Gasteiger partial charge on any atom is -0.170 e. The maximum absolute atomic E-state index is 12.6. The molecule has 76 valence electrons. The first kappa shape index (κ1) is 10.8. The summed E-state index contributed by atoms with van der Waals surface area (Å²) in [6.45, 7) is 4.77. The molecule has 0 aliphatic rings. The molecule has 0 heterocycles. The van der Waals surface area contributed by atoms with Crippen LogP contribution >= 0.6 is 0 Å². The Bertz CT molecular complexity index is 311. The largest absolute Gasteiger partial charge is 0.399 e. The Balaban J connectivity index is 3.08. The van der Waals surface area contributed by atoms with Crippen LogP contribution in [0.25, 0.3) is 0 Å². The molecule has 0 N–H and O–H groups in total. The zero-order chi connectivity index (χ0) is 10.8. The van der Waals surface area contributed by atoms with Crippen LogP contribution in [0, 0.1) is 0 Å². The molecule has 0 nitrogen and oxygen atoms in total. The van der Waals surface area contributed by atoms with Gasteiger partial charge in [0.1, 0.15) is 5.92 Å². The van der Waals surface area contributed by atoms with Crippen molar-refractivity contribution in [2.24, 2.45) is 0 Å². The lowest BCUT2D eigenvalue weighted by atomic mass is 9.92. The Morgan fingerprint density at radius 3 is 2.07 bits per heavy atom. The van der Waals surface area contributed by atoms with Gasteiger partial charge in [-0.05, 0) is 12.5 Å². The van der Waals surface area contributed by atoms with E-state index >= 15 is 0 Å². The second kappa shape index (κ2) is 3.86. The van der Waals surface area contributed by atoms with E-state index in [0.29, 0.717) is 0 Å². The van der Waals surface area contributed by atoms with E-state index in [9.17, 15) is 13.2 Å². The molecule has 3 heteroatoms. The van der Waals surface area contributed by atoms with Crippen molar-refractivity contribution in [2.45, 2.75) is 19.0 Å². The predicted molar refractivity (Wildman–Crippen MR) is 50.1 cm³/mol. The molecule has 14 heavy (non-hydrogen) atoms. The SMILES string of the molecule is C=C(C)C(c1ccccc1)C(F)(F)F. The van der Waals surface area contributed by atoms with Gasteiger partial charge < -0.3 is 0 Å². The van der Waals surface area contributed by atoms with Crippen LogP contribution in [-0.4, -0.2) is 6.18 Å². The van der Waals surface area contributed by atoms with Crippen molar-refractivity contribution in [2.75, 3.05) is 0 Å². The minimum absolute atomic E-state index is 0.115. The summed E-state index contributed by atoms with van der Waals surface area (Å²) in [5.74, 6) is -1.55. The van der Waals surface area contributed by atoms with Crippen molar-refractivity contribution < 1.29 is 13.2 Å². The summed E-state index contributed by atoms with van der Waals surface area (Å²) in [5.41, 5.74) is 0.358. The van der Waals surface area contributed by atoms with Crippen LogP contribution in [0.2, 0.25) is 0 Å². The number of benzene rings is 1. The molecule has 1 aromatic carbocycles. The molecule has 0 spiro atoms. The first-order valence-corrected chi connectivity index (χ1v) is 4.20. The Morgan fingerprint density at radius 2 is 1.71 bits per heavy atom. The highest BCUT2D eigenvalue weighted by molar-refractivity contribution is 5.28. The summed E-state index contributed by atoms with van der Waals surface area (Å²) in [7, 11) is 0. The average Bonchev–Trinajstić information content (AvgIpc) is 2.02. The third-order valence-electron chi connectivity index (χ3n) is 1.95. The third-order valence-corrected chi connectivity index (χ3v) is 1.95. The van der Waals surface area contributed by atoms with Gasteiger partial charge in [-0.1, -0.05) is 42.5 Å². The summed E-state index contributed by atoms with van der Waals surface area (Å²) in [4.78, 5) is 0. The first-order valence-electron chi connectivity index (χ1n) is 4.20. The van der Waals surface area contributed by atoms with Crippen molar-refractivity contribution in [1.29, 1.82) is 0 Å². The fraction of sp³-hybridized carbons (Fsp3) is 0.273. The highest BCUT2D eigenvalue weighted by Gasteiger charge is 2.40. The van der Waals surface area contributed by atoms with Gasteiger partial charge in [0.05, 0.1) is 0 Å². The van der Waals surface area contributed by atoms with Crippen molar-refractivity contribution in [3.05, 3.63) is 48.0 Å². The smallest absolute Gasteiger partial charge is 0.170 e. The fourth-order valence-electron chi connectivity index (χ4n) is 1.40. The standard InChI is InChI=1S/C11H11F3/c1-8(2)10(11(12,13)14)9-6-4-3-5-7-9/h3-7,10H,1H2,2H3. The molecular formula is C11H11F3. The highest BCUT2D eigenvalue weighted by Crippen LogP contribution is 2.39. The highest BCUT2D eigenvalue weighted by atomic mass is 19.4. The summed E-state index contributed by atoms with van der Waals surface area (Å²) in [5, 5.41) is 0. The normalized spacial score (nSPS) is 13.7. The zero-order valence-electron chi connectivity index (χ0n) is 7.81. The Hall–Kier alpha value is -1.25. The van der Waals surface area contributed by atoms with E-state index in [-0.39, 0.29) is 11.1 Å². The van der Waals surface area contributed by atoms with Crippen LogP contribution in [0.5, 0.6) is 0 Å². The molecule has 0 aliphatic carbocycles. The molecular weight excluding hydrogens is 189 g/mol. The third kappa shape index (κ3) is 2.37. The van der Waals surface area contributed by atoms with Crippen molar-refractivity contribution in [3.63, 3.8) is 0 Å². The second-order valence-electron chi connectivity index (χ2n) is 3.23. The molecule has 0 radical (unpaired) electrons. The monoisotopic (exact) mass is 200 g/mol. The average molecular weight is 200 g/mol. The molecule has 1 unspecified atom stereocenters. The van der Waals surface area contributed by atoms with Crippen molar-refractivity contribution >= 4 is 0 Å². The number of allylic oxidation sites excluding steroid dienone is 1. The Morgan fingerprint density at radius 1 is 1.21 bits per heavy atom. The van der Waals surface area contributed by atoms with Gasteiger partial charge in [0.25, 0.3) is 0 Å². The lowest BCUT2D eigenvalue weighted by molar-refractivity contribution is -0.141. The molecule has 1 atom stereocenters. The zero-order valence-corrected chi connectivity index (χ0v) is 7.81. The lowest BCUT2D eigenvalue weighted by Crippen LogP contribution is -2.21. The van der Waals surface area contributed by atoms with Crippen molar-refractivity contribution in [1.82, 2.24) is 0 Å². The van der Waals surface area contributed by atoms with Gasteiger partial charge in [0, 0.05) is 0 Å². The minimum atomic E-state index is -4.26. The van der Waals surface area contributed by atoms with E-state index < -0.39 is 12.1 Å². The second-order valence-corrected chi connectivity index (χ2v) is 3.23. The molecule has 0 aromatic heterocycles. The summed E-state index contributed by atoms with van der Waals surface area (Å²) in [6, 6.07) is 7.81. The number of alkyl halides is 3. The predicted octanol–water partition coefficient (Wildman–Crippen LogP) is 3.91. The van der Waals surface area contributed by atoms with Crippen molar-refractivity contribution in [3.8, 4) is 0 Å². The van der Waals surface area contributed by atoms with Crippen LogP contribution in [-0.2, 0) is 0 Å². The van der Waals surface area contributed by atoms with Crippen LogP contribution in [0.1, 0.15) is 18.4 Å². The van der Waals surface area contributed by atoms with E-state index in [1.807, 2.05) is 0 Å². The van der Waals surface area contributed by atoms with E-state index in [1.165, 1.54) is 19.1 Å². The van der Waals surface area contributed by atoms with Gasteiger partial charge in [-0.3, -0.25) is 0 Å². The molecule has 1 aromatic rings. The van der Waals surface area contributed by atoms with Gasteiger partial charge >= 0.3 is 6.18 Å². The van der Waals surface area contributed by atoms with E-state index in [4.69, 9.17) is 0 Å². The van der Waals surface area contributed by atoms with E-state index in [1.54, 1.807) is 18.2 Å². The lowest BCUT2D eigenvalue weighted by Gasteiger charge is -2.20. The molecule has 0 saturated heterocycles. The molecule has 0 fully saturated rings. The quantitative estimate of drug-likeness (QED) is 0.635. The number of hydrogen-bond donors (Lipinski definition) is 0. The van der Waals surface area contributed by atoms with Gasteiger partial charge in [-0.15, -0.1) is 0 Å². The molecule has 0 bridgehead atoms. The summed E-state index contributed by atoms with van der Waals surface area (Å²) < 4.78 is 37.8. The van der Waals surface area contributed by atoms with E-state index in [2.05, 4.69) is 6.58 Å². The maximum atomic E-state index is 12.6. The topological polar surface area (TPSA) is 0 Å². The Kier molecular flexibility index (Phi) is 2.99. The summed E-state index contributed by atoms with van der Waals surface area (Å²) >= 11 is 0. The number of rotatable bonds is 2. The van der Waals surface area contributed by atoms with Gasteiger partial charge in [0.15, 0.2) is 0 Å². The summed E-state index contributed by atoms with van der Waals surface area (Å²) in [6.07, 6.45) is -4.26.